The van der Waals surface area contributed by atoms with Crippen LogP contribution in [0.3, 0.4) is 0 Å². The molecule has 0 saturated heterocycles. The van der Waals surface area contributed by atoms with Crippen molar-refractivity contribution in [1.29, 1.82) is 5.26 Å². The minimum Gasteiger partial charge on any atom is -0.360 e. The first-order valence-corrected chi connectivity index (χ1v) is 8.01. The van der Waals surface area contributed by atoms with Crippen molar-refractivity contribution in [2.75, 3.05) is 10.6 Å². The normalized spacial score (nSPS) is 10.8. The number of nitrogens with one attached hydrogen (secondary N) is 2. The van der Waals surface area contributed by atoms with Gasteiger partial charge >= 0.3 is 0 Å². The highest BCUT2D eigenvalue weighted by molar-refractivity contribution is 6.35. The summed E-state index contributed by atoms with van der Waals surface area (Å²) in [7, 11) is 0. The van der Waals surface area contributed by atoms with Gasteiger partial charge in [0.05, 0.1) is 15.6 Å². The predicted molar refractivity (Wildman–Crippen MR) is 101 cm³/mol. The molecule has 0 aliphatic rings. The van der Waals surface area contributed by atoms with Crippen molar-refractivity contribution in [3.8, 4) is 6.07 Å². The molecule has 0 fully saturated rings. The highest BCUT2D eigenvalue weighted by atomic mass is 35.5. The second-order valence-electron chi connectivity index (χ2n) is 4.85. The number of hydrogen-bond donors (Lipinski definition) is 2. The van der Waals surface area contributed by atoms with Crippen LogP contribution in [0.5, 0.6) is 0 Å². The van der Waals surface area contributed by atoms with Gasteiger partial charge in [0.2, 0.25) is 0 Å². The molecule has 2 aromatic rings. The number of carbonyl (C=O) groups is 1. The number of nitro benzene ring substituents is 1. The quantitative estimate of drug-likeness (QED) is 0.311. The molecule has 0 atom stereocenters. The Kier molecular flexibility index (Phi) is 6.41. The Labute approximate surface area is 162 Å². The largest absolute Gasteiger partial charge is 0.360 e. The highest BCUT2D eigenvalue weighted by Gasteiger charge is 2.15. The number of non-ortho nitro benzene ring substituents is 1. The summed E-state index contributed by atoms with van der Waals surface area (Å²) in [5.41, 5.74) is -0.0585. The van der Waals surface area contributed by atoms with Crippen molar-refractivity contribution in [1.82, 2.24) is 0 Å². The predicted octanol–water partition coefficient (Wildman–Crippen LogP) is 5.01. The van der Waals surface area contributed by atoms with E-state index in [1.165, 1.54) is 18.2 Å². The van der Waals surface area contributed by atoms with Crippen molar-refractivity contribution in [2.45, 2.75) is 0 Å². The minimum atomic E-state index is -0.796. The average molecular weight is 412 g/mol. The Hall–Kier alpha value is -2.79. The lowest BCUT2D eigenvalue weighted by atomic mass is 10.2. The monoisotopic (exact) mass is 410 g/mol. The molecule has 26 heavy (non-hydrogen) atoms. The van der Waals surface area contributed by atoms with Crippen molar-refractivity contribution in [2.24, 2.45) is 0 Å². The summed E-state index contributed by atoms with van der Waals surface area (Å²) in [6.07, 6.45) is 1.16. The molecule has 0 aliphatic heterocycles. The average Bonchev–Trinajstić information content (AvgIpc) is 2.56. The summed E-state index contributed by atoms with van der Waals surface area (Å²) in [6.45, 7) is 0. The molecule has 0 radical (unpaired) electrons. The maximum absolute atomic E-state index is 12.2. The number of halogens is 3. The standard InChI is InChI=1S/C16H9Cl3N4O3/c17-10-3-11(18)5-12(4-10)21-8-9(7-20)16(24)22-15-6-13(23(25)26)1-2-14(15)19/h1-6,8,21H,(H,22,24)/b9-8-. The summed E-state index contributed by atoms with van der Waals surface area (Å²) in [5.74, 6) is -0.796. The Morgan fingerprint density at radius 1 is 1.15 bits per heavy atom. The van der Waals surface area contributed by atoms with Crippen LogP contribution in [0, 0.1) is 21.4 Å². The smallest absolute Gasteiger partial charge is 0.271 e. The Morgan fingerprint density at radius 2 is 1.81 bits per heavy atom. The summed E-state index contributed by atoms with van der Waals surface area (Å²) >= 11 is 17.7. The summed E-state index contributed by atoms with van der Waals surface area (Å²) in [5, 5.41) is 25.9. The van der Waals surface area contributed by atoms with Crippen molar-refractivity contribution in [3.05, 3.63) is 73.4 Å². The van der Waals surface area contributed by atoms with E-state index in [1.54, 1.807) is 18.2 Å². The molecule has 2 N–H and O–H groups in total. The van der Waals surface area contributed by atoms with Gasteiger partial charge in [-0.3, -0.25) is 14.9 Å². The van der Waals surface area contributed by atoms with E-state index in [9.17, 15) is 14.9 Å². The van der Waals surface area contributed by atoms with Crippen LogP contribution in [-0.4, -0.2) is 10.8 Å². The lowest BCUT2D eigenvalue weighted by Crippen LogP contribution is -2.15. The molecule has 0 bridgehead atoms. The summed E-state index contributed by atoms with van der Waals surface area (Å²) < 4.78 is 0. The van der Waals surface area contributed by atoms with Gasteiger partial charge in [-0.15, -0.1) is 0 Å². The zero-order chi connectivity index (χ0) is 19.3. The zero-order valence-corrected chi connectivity index (χ0v) is 15.1. The number of nitriles is 1. The Morgan fingerprint density at radius 3 is 2.38 bits per heavy atom. The number of hydrogen-bond acceptors (Lipinski definition) is 5. The van der Waals surface area contributed by atoms with Crippen molar-refractivity contribution < 1.29 is 9.72 Å². The SMILES string of the molecule is N#C/C(=C/Nc1cc(Cl)cc(Cl)c1)C(=O)Nc1cc([N+](=O)[O-])ccc1Cl. The number of nitro groups is 1. The van der Waals surface area contributed by atoms with Gasteiger partial charge in [-0.2, -0.15) is 5.26 Å². The summed E-state index contributed by atoms with van der Waals surface area (Å²) in [6, 6.07) is 9.92. The number of anilines is 2. The maximum Gasteiger partial charge on any atom is 0.271 e. The first-order valence-electron chi connectivity index (χ1n) is 6.88. The second kappa shape index (κ2) is 8.54. The highest BCUT2D eigenvalue weighted by Crippen LogP contribution is 2.27. The molecule has 0 heterocycles. The molecule has 2 aromatic carbocycles. The van der Waals surface area contributed by atoms with Gasteiger partial charge in [0.15, 0.2) is 0 Å². The molecular weight excluding hydrogens is 403 g/mol. The van der Waals surface area contributed by atoms with E-state index in [4.69, 9.17) is 40.1 Å². The molecule has 0 unspecified atom stereocenters. The maximum atomic E-state index is 12.2. The molecule has 0 saturated carbocycles. The van der Waals surface area contributed by atoms with E-state index >= 15 is 0 Å². The third kappa shape index (κ3) is 5.10. The van der Waals surface area contributed by atoms with E-state index in [0.29, 0.717) is 15.7 Å². The third-order valence-electron chi connectivity index (χ3n) is 3.02. The molecule has 0 spiro atoms. The van der Waals surface area contributed by atoms with Gasteiger partial charge in [0, 0.05) is 34.1 Å². The third-order valence-corrected chi connectivity index (χ3v) is 3.79. The molecule has 10 heteroatoms. The molecule has 7 nitrogen and oxygen atoms in total. The number of carbonyl (C=O) groups excluding carboxylic acids is 1. The van der Waals surface area contributed by atoms with Crippen LogP contribution in [0.1, 0.15) is 0 Å². The van der Waals surface area contributed by atoms with Crippen LogP contribution in [-0.2, 0) is 4.79 Å². The van der Waals surface area contributed by atoms with Gasteiger partial charge in [0.1, 0.15) is 11.6 Å². The fourth-order valence-electron chi connectivity index (χ4n) is 1.85. The minimum absolute atomic E-state index is 0.0119. The number of benzene rings is 2. The number of rotatable bonds is 5. The van der Waals surface area contributed by atoms with Gasteiger partial charge in [-0.25, -0.2) is 0 Å². The van der Waals surface area contributed by atoms with Crippen LogP contribution in [0.25, 0.3) is 0 Å². The van der Waals surface area contributed by atoms with Crippen LogP contribution in [0.2, 0.25) is 15.1 Å². The Bertz CT molecular complexity index is 934. The van der Waals surface area contributed by atoms with Crippen molar-refractivity contribution in [3.63, 3.8) is 0 Å². The first kappa shape index (κ1) is 19.5. The van der Waals surface area contributed by atoms with Crippen LogP contribution >= 0.6 is 34.8 Å². The van der Waals surface area contributed by atoms with Gasteiger partial charge in [0.25, 0.3) is 11.6 Å². The van der Waals surface area contributed by atoms with Gasteiger partial charge in [-0.05, 0) is 24.3 Å². The first-order chi connectivity index (χ1) is 12.3. The van der Waals surface area contributed by atoms with E-state index in [1.807, 2.05) is 0 Å². The van der Waals surface area contributed by atoms with Crippen LogP contribution in [0.4, 0.5) is 17.1 Å². The van der Waals surface area contributed by atoms with Crippen LogP contribution < -0.4 is 10.6 Å². The molecular formula is C16H9Cl3N4O3. The molecule has 2 rings (SSSR count). The molecule has 1 amide bonds. The number of nitrogens with zero attached hydrogens (tertiary/aromatic N) is 2. The van der Waals surface area contributed by atoms with E-state index in [0.717, 1.165) is 12.3 Å². The van der Waals surface area contributed by atoms with Crippen LogP contribution in [0.15, 0.2) is 48.2 Å². The second-order valence-corrected chi connectivity index (χ2v) is 6.13. The fourth-order valence-corrected chi connectivity index (χ4v) is 2.54. The summed E-state index contributed by atoms with van der Waals surface area (Å²) in [4.78, 5) is 22.4. The molecule has 132 valence electrons. The Balaban J connectivity index is 2.20. The molecule has 0 aliphatic carbocycles. The number of amides is 1. The van der Waals surface area contributed by atoms with Crippen molar-refractivity contribution >= 4 is 57.8 Å². The fraction of sp³-hybridized carbons (Fsp3) is 0. The lowest BCUT2D eigenvalue weighted by molar-refractivity contribution is -0.384. The topological polar surface area (TPSA) is 108 Å². The zero-order valence-electron chi connectivity index (χ0n) is 12.8. The lowest BCUT2D eigenvalue weighted by Gasteiger charge is -2.07. The van der Waals surface area contributed by atoms with E-state index in [2.05, 4.69) is 10.6 Å². The molecule has 0 aromatic heterocycles. The van der Waals surface area contributed by atoms with E-state index < -0.39 is 10.8 Å². The van der Waals surface area contributed by atoms with Gasteiger partial charge < -0.3 is 10.6 Å². The van der Waals surface area contributed by atoms with Gasteiger partial charge in [-0.1, -0.05) is 34.8 Å². The van der Waals surface area contributed by atoms with E-state index in [-0.39, 0.29) is 22.0 Å².